The molecule has 1 atom stereocenters. The van der Waals surface area contributed by atoms with Gasteiger partial charge in [0.2, 0.25) is 11.8 Å². The molecule has 6 nitrogen and oxygen atoms in total. The molecular weight excluding hydrogens is 325 g/mol. The van der Waals surface area contributed by atoms with E-state index in [2.05, 4.69) is 14.6 Å². The second-order valence-corrected chi connectivity index (χ2v) is 7.20. The van der Waals surface area contributed by atoms with Crippen LogP contribution in [-0.4, -0.2) is 52.1 Å². The highest BCUT2D eigenvalue weighted by Gasteiger charge is 2.38. The molecule has 1 saturated heterocycles. The van der Waals surface area contributed by atoms with Gasteiger partial charge in [-0.2, -0.15) is 13.2 Å². The molecular formula is C15H23F3N4O2. The molecule has 0 bridgehead atoms. The Morgan fingerprint density at radius 1 is 1.33 bits per heavy atom. The molecule has 1 aromatic heterocycles. The Kier molecular flexibility index (Phi) is 5.22. The van der Waals surface area contributed by atoms with Gasteiger partial charge in [-0.1, -0.05) is 20.8 Å². The van der Waals surface area contributed by atoms with E-state index >= 15 is 0 Å². The fourth-order valence-electron chi connectivity index (χ4n) is 2.81. The molecule has 1 aromatic rings. The molecule has 0 N–H and O–H groups in total. The minimum Gasteiger partial charge on any atom is -0.416 e. The third kappa shape index (κ3) is 4.46. The van der Waals surface area contributed by atoms with Gasteiger partial charge in [0, 0.05) is 25.0 Å². The summed E-state index contributed by atoms with van der Waals surface area (Å²) in [5.41, 5.74) is -0.467. The summed E-state index contributed by atoms with van der Waals surface area (Å²) >= 11 is 0. The summed E-state index contributed by atoms with van der Waals surface area (Å²) in [4.78, 5) is 16.1. The molecule has 2 rings (SSSR count). The highest BCUT2D eigenvalue weighted by molar-refractivity contribution is 5.81. The van der Waals surface area contributed by atoms with E-state index in [-0.39, 0.29) is 24.4 Å². The topological polar surface area (TPSA) is 62.5 Å². The van der Waals surface area contributed by atoms with Crippen molar-refractivity contribution >= 4 is 5.91 Å². The number of carbonyl (C=O) groups is 1. The molecule has 0 spiro atoms. The first-order chi connectivity index (χ1) is 11.0. The lowest BCUT2D eigenvalue weighted by atomic mass is 9.93. The zero-order valence-electron chi connectivity index (χ0n) is 14.4. The van der Waals surface area contributed by atoms with Crippen molar-refractivity contribution in [2.75, 3.05) is 20.1 Å². The van der Waals surface area contributed by atoms with Crippen LogP contribution in [0.1, 0.15) is 45.4 Å². The number of likely N-dealkylation sites (N-methyl/N-ethyl adjacent to an activating group) is 1. The lowest BCUT2D eigenvalue weighted by molar-refractivity contribution is -0.157. The highest BCUT2D eigenvalue weighted by atomic mass is 19.4. The van der Waals surface area contributed by atoms with E-state index in [4.69, 9.17) is 0 Å². The average Bonchev–Trinajstić information content (AvgIpc) is 2.93. The first-order valence-corrected chi connectivity index (χ1v) is 7.87. The van der Waals surface area contributed by atoms with E-state index in [0.29, 0.717) is 6.54 Å². The molecule has 1 fully saturated rings. The zero-order valence-corrected chi connectivity index (χ0v) is 14.4. The van der Waals surface area contributed by atoms with Crippen LogP contribution >= 0.6 is 0 Å². The average molecular weight is 348 g/mol. The van der Waals surface area contributed by atoms with E-state index in [9.17, 15) is 18.0 Å². The largest absolute Gasteiger partial charge is 0.470 e. The maximum absolute atomic E-state index is 12.5. The Bertz CT molecular complexity index is 580. The van der Waals surface area contributed by atoms with Crippen LogP contribution in [-0.2, 0) is 17.5 Å². The summed E-state index contributed by atoms with van der Waals surface area (Å²) in [5, 5.41) is 6.50. The van der Waals surface area contributed by atoms with Gasteiger partial charge in [0.25, 0.3) is 0 Å². The van der Waals surface area contributed by atoms with Gasteiger partial charge in [-0.05, 0) is 19.4 Å². The summed E-state index contributed by atoms with van der Waals surface area (Å²) < 4.78 is 42.2. The predicted octanol–water partition coefficient (Wildman–Crippen LogP) is 2.56. The molecule has 1 aliphatic heterocycles. The first kappa shape index (κ1) is 18.7. The van der Waals surface area contributed by atoms with Crippen molar-refractivity contribution in [2.45, 2.75) is 52.4 Å². The Labute approximate surface area is 139 Å². The number of nitrogens with zero attached hydrogens (tertiary/aromatic N) is 4. The van der Waals surface area contributed by atoms with E-state index < -0.39 is 17.5 Å². The van der Waals surface area contributed by atoms with E-state index in [1.165, 1.54) is 0 Å². The molecule has 1 unspecified atom stereocenters. The van der Waals surface area contributed by atoms with Crippen LogP contribution in [0, 0.1) is 5.41 Å². The van der Waals surface area contributed by atoms with Crippen LogP contribution in [0.2, 0.25) is 0 Å². The van der Waals surface area contributed by atoms with Crippen LogP contribution in [0.25, 0.3) is 0 Å². The minimum absolute atomic E-state index is 0.0236. The number of alkyl halides is 3. The monoisotopic (exact) mass is 348 g/mol. The van der Waals surface area contributed by atoms with Gasteiger partial charge in [-0.3, -0.25) is 9.69 Å². The van der Waals surface area contributed by atoms with Crippen LogP contribution < -0.4 is 0 Å². The second kappa shape index (κ2) is 6.70. The number of rotatable bonds is 3. The van der Waals surface area contributed by atoms with Crippen molar-refractivity contribution in [1.29, 1.82) is 0 Å². The van der Waals surface area contributed by atoms with Gasteiger partial charge in [-0.25, -0.2) is 0 Å². The van der Waals surface area contributed by atoms with Gasteiger partial charge in [0.1, 0.15) is 0 Å². The number of hydrogen-bond acceptors (Lipinski definition) is 5. The maximum Gasteiger partial charge on any atom is 0.470 e. The van der Waals surface area contributed by atoms with Crippen LogP contribution in [0.4, 0.5) is 13.2 Å². The summed E-state index contributed by atoms with van der Waals surface area (Å²) in [6.07, 6.45) is -2.91. The molecule has 9 heteroatoms. The molecule has 0 aliphatic carbocycles. The lowest BCUT2D eigenvalue weighted by Gasteiger charge is -2.39. The normalized spacial score (nSPS) is 20.2. The summed E-state index contributed by atoms with van der Waals surface area (Å²) in [7, 11) is 1.77. The van der Waals surface area contributed by atoms with Crippen molar-refractivity contribution in [2.24, 2.45) is 5.41 Å². The Morgan fingerprint density at radius 3 is 2.54 bits per heavy atom. The van der Waals surface area contributed by atoms with Gasteiger partial charge in [0.15, 0.2) is 0 Å². The number of hydrogen-bond donors (Lipinski definition) is 0. The molecule has 0 aromatic carbocycles. The first-order valence-electron chi connectivity index (χ1n) is 7.87. The summed E-state index contributed by atoms with van der Waals surface area (Å²) in [5.74, 6) is -1.34. The zero-order chi connectivity index (χ0) is 18.1. The van der Waals surface area contributed by atoms with Crippen LogP contribution in [0.5, 0.6) is 0 Å². The Balaban J connectivity index is 1.98. The molecule has 136 valence electrons. The van der Waals surface area contributed by atoms with Gasteiger partial charge < -0.3 is 9.32 Å². The minimum atomic E-state index is -4.63. The molecule has 2 heterocycles. The van der Waals surface area contributed by atoms with E-state index in [1.807, 2.05) is 25.7 Å². The Hall–Kier alpha value is -1.64. The number of amides is 1. The SMILES string of the molecule is CN(C(=O)C(C)(C)C)C1CCCN(Cc2nnc(C(F)(F)F)o2)C1. The van der Waals surface area contributed by atoms with Crippen molar-refractivity contribution in [3.05, 3.63) is 11.8 Å². The van der Waals surface area contributed by atoms with Gasteiger partial charge in [-0.15, -0.1) is 10.2 Å². The van der Waals surface area contributed by atoms with Crippen molar-refractivity contribution < 1.29 is 22.4 Å². The summed E-state index contributed by atoms with van der Waals surface area (Å²) in [6.45, 7) is 7.04. The molecule has 1 aliphatic rings. The third-order valence-electron chi connectivity index (χ3n) is 4.06. The summed E-state index contributed by atoms with van der Waals surface area (Å²) in [6, 6.07) is 0.0236. The fourth-order valence-corrected chi connectivity index (χ4v) is 2.81. The predicted molar refractivity (Wildman–Crippen MR) is 79.8 cm³/mol. The molecule has 24 heavy (non-hydrogen) atoms. The third-order valence-corrected chi connectivity index (χ3v) is 4.06. The van der Waals surface area contributed by atoms with Crippen molar-refractivity contribution in [1.82, 2.24) is 20.0 Å². The lowest BCUT2D eigenvalue weighted by Crippen LogP contribution is -2.50. The van der Waals surface area contributed by atoms with Crippen LogP contribution in [0.3, 0.4) is 0 Å². The number of piperidine rings is 1. The van der Waals surface area contributed by atoms with Gasteiger partial charge in [0.05, 0.1) is 6.54 Å². The second-order valence-electron chi connectivity index (χ2n) is 7.20. The number of carbonyl (C=O) groups excluding carboxylic acids is 1. The quantitative estimate of drug-likeness (QED) is 0.840. The molecule has 1 amide bonds. The smallest absolute Gasteiger partial charge is 0.416 e. The fraction of sp³-hybridized carbons (Fsp3) is 0.800. The highest BCUT2D eigenvalue weighted by Crippen LogP contribution is 2.28. The molecule has 0 radical (unpaired) electrons. The number of likely N-dealkylation sites (tertiary alicyclic amines) is 1. The number of halogens is 3. The van der Waals surface area contributed by atoms with E-state index in [1.54, 1.807) is 11.9 Å². The molecule has 0 saturated carbocycles. The number of aromatic nitrogens is 2. The standard InChI is InChI=1S/C15H23F3N4O2/c1-14(2,3)13(23)21(4)10-6-5-7-22(8-10)9-11-19-20-12(24-11)15(16,17)18/h10H,5-9H2,1-4H3. The van der Waals surface area contributed by atoms with Crippen molar-refractivity contribution in [3.63, 3.8) is 0 Å². The van der Waals surface area contributed by atoms with Crippen LogP contribution in [0.15, 0.2) is 4.42 Å². The van der Waals surface area contributed by atoms with Gasteiger partial charge >= 0.3 is 12.1 Å². The maximum atomic E-state index is 12.5. The van der Waals surface area contributed by atoms with E-state index in [0.717, 1.165) is 19.4 Å². The Morgan fingerprint density at radius 2 is 2.00 bits per heavy atom. The van der Waals surface area contributed by atoms with Crippen molar-refractivity contribution in [3.8, 4) is 0 Å².